The van der Waals surface area contributed by atoms with Crippen LogP contribution in [0.1, 0.15) is 46.5 Å². The van der Waals surface area contributed by atoms with E-state index in [9.17, 15) is 4.79 Å². The highest BCUT2D eigenvalue weighted by Crippen LogP contribution is 2.52. The molecule has 0 aliphatic carbocycles. The Balaban J connectivity index is 2.08. The molecule has 1 heterocycles. The zero-order chi connectivity index (χ0) is 24.6. The smallest absolute Gasteiger partial charge is 0.340 e. The summed E-state index contributed by atoms with van der Waals surface area (Å²) in [5.41, 5.74) is 6.78. The van der Waals surface area contributed by atoms with Crippen LogP contribution in [0.2, 0.25) is 0 Å². The standard InChI is InChI=1S/C29H35N3O2/c1-8-32(9-2)21-17-18-23(20(3)19-21)29(24-14-11-10-13-22(24)28(33)34-29)25-15-12-16-26(30(4)5)27(25)31(6)7/h10-19H,8-9H2,1-7H3. The summed E-state index contributed by atoms with van der Waals surface area (Å²) in [7, 11) is 8.16. The molecule has 34 heavy (non-hydrogen) atoms. The molecule has 0 N–H and O–H groups in total. The molecule has 1 unspecified atom stereocenters. The van der Waals surface area contributed by atoms with Crippen LogP contribution in [0.4, 0.5) is 17.1 Å². The monoisotopic (exact) mass is 457 g/mol. The zero-order valence-electron chi connectivity index (χ0n) is 21.3. The van der Waals surface area contributed by atoms with Gasteiger partial charge in [-0.05, 0) is 50.6 Å². The van der Waals surface area contributed by atoms with Gasteiger partial charge >= 0.3 is 5.97 Å². The largest absolute Gasteiger partial charge is 0.440 e. The van der Waals surface area contributed by atoms with Gasteiger partial charge < -0.3 is 19.4 Å². The molecule has 4 rings (SSSR count). The molecule has 0 aromatic heterocycles. The number of carbonyl (C=O) groups excluding carboxylic acids is 1. The molecule has 0 bridgehead atoms. The summed E-state index contributed by atoms with van der Waals surface area (Å²) in [6.45, 7) is 8.32. The van der Waals surface area contributed by atoms with E-state index >= 15 is 0 Å². The number of aryl methyl sites for hydroxylation is 1. The van der Waals surface area contributed by atoms with Gasteiger partial charge in [0.15, 0.2) is 5.60 Å². The summed E-state index contributed by atoms with van der Waals surface area (Å²) < 4.78 is 6.45. The van der Waals surface area contributed by atoms with Crippen molar-refractivity contribution < 1.29 is 9.53 Å². The lowest BCUT2D eigenvalue weighted by Crippen LogP contribution is -2.33. The number of para-hydroxylation sites is 1. The molecule has 0 fully saturated rings. The van der Waals surface area contributed by atoms with Gasteiger partial charge in [0.1, 0.15) is 0 Å². The van der Waals surface area contributed by atoms with Crippen molar-refractivity contribution in [3.8, 4) is 0 Å². The Kier molecular flexibility index (Phi) is 6.30. The summed E-state index contributed by atoms with van der Waals surface area (Å²) in [6.07, 6.45) is 0. The molecule has 0 amide bonds. The molecule has 5 heteroatoms. The van der Waals surface area contributed by atoms with Crippen LogP contribution in [-0.2, 0) is 10.3 Å². The first kappa shape index (κ1) is 23.7. The summed E-state index contributed by atoms with van der Waals surface area (Å²) in [6, 6.07) is 20.5. The molecule has 0 saturated carbocycles. The van der Waals surface area contributed by atoms with Crippen LogP contribution >= 0.6 is 0 Å². The number of benzene rings is 3. The second kappa shape index (κ2) is 9.05. The first-order valence-corrected chi connectivity index (χ1v) is 11.9. The average molecular weight is 458 g/mol. The topological polar surface area (TPSA) is 36.0 Å². The van der Waals surface area contributed by atoms with E-state index in [1.807, 2.05) is 58.5 Å². The average Bonchev–Trinajstić information content (AvgIpc) is 3.12. The SMILES string of the molecule is CCN(CC)c1ccc(C2(c3cccc(N(C)C)c3N(C)C)OC(=O)c3ccccc32)c(C)c1. The van der Waals surface area contributed by atoms with Crippen molar-refractivity contribution >= 4 is 23.0 Å². The number of rotatable bonds is 7. The summed E-state index contributed by atoms with van der Waals surface area (Å²) in [4.78, 5) is 19.8. The van der Waals surface area contributed by atoms with Gasteiger partial charge in [-0.3, -0.25) is 0 Å². The molecule has 0 saturated heterocycles. The molecule has 0 radical (unpaired) electrons. The molecule has 1 aliphatic heterocycles. The molecule has 1 aliphatic rings. The fraction of sp³-hybridized carbons (Fsp3) is 0.345. The van der Waals surface area contributed by atoms with Gasteiger partial charge in [-0.15, -0.1) is 0 Å². The molecule has 0 spiro atoms. The molecular weight excluding hydrogens is 422 g/mol. The van der Waals surface area contributed by atoms with E-state index in [-0.39, 0.29) is 5.97 Å². The van der Waals surface area contributed by atoms with Crippen LogP contribution in [-0.4, -0.2) is 47.2 Å². The first-order valence-electron chi connectivity index (χ1n) is 11.9. The second-order valence-electron chi connectivity index (χ2n) is 9.25. The second-order valence-corrected chi connectivity index (χ2v) is 9.25. The Hall–Kier alpha value is -3.47. The number of anilines is 3. The zero-order valence-corrected chi connectivity index (χ0v) is 21.3. The van der Waals surface area contributed by atoms with E-state index in [0.717, 1.165) is 46.7 Å². The van der Waals surface area contributed by atoms with Crippen LogP contribution in [0.3, 0.4) is 0 Å². The van der Waals surface area contributed by atoms with Crippen molar-refractivity contribution in [2.24, 2.45) is 0 Å². The van der Waals surface area contributed by atoms with E-state index in [1.54, 1.807) is 0 Å². The van der Waals surface area contributed by atoms with Crippen molar-refractivity contribution in [1.82, 2.24) is 0 Å². The van der Waals surface area contributed by atoms with Gasteiger partial charge in [-0.2, -0.15) is 0 Å². The highest BCUT2D eigenvalue weighted by atomic mass is 16.6. The number of ether oxygens (including phenoxy) is 1. The normalized spacial score (nSPS) is 16.7. The Labute approximate surface area is 203 Å². The van der Waals surface area contributed by atoms with Crippen molar-refractivity contribution in [3.05, 3.63) is 88.5 Å². The Morgan fingerprint density at radius 3 is 2.09 bits per heavy atom. The van der Waals surface area contributed by atoms with Crippen LogP contribution < -0.4 is 14.7 Å². The third-order valence-corrected chi connectivity index (χ3v) is 6.81. The molecule has 3 aromatic rings. The van der Waals surface area contributed by atoms with Crippen molar-refractivity contribution in [2.45, 2.75) is 26.4 Å². The number of carbonyl (C=O) groups is 1. The van der Waals surface area contributed by atoms with Crippen molar-refractivity contribution in [1.29, 1.82) is 0 Å². The Morgan fingerprint density at radius 1 is 0.794 bits per heavy atom. The van der Waals surface area contributed by atoms with Crippen molar-refractivity contribution in [2.75, 3.05) is 56.0 Å². The van der Waals surface area contributed by atoms with E-state index in [4.69, 9.17) is 4.74 Å². The number of nitrogens with zero attached hydrogens (tertiary/aromatic N) is 3. The number of hydrogen-bond donors (Lipinski definition) is 0. The minimum Gasteiger partial charge on any atom is -0.440 e. The molecular formula is C29H35N3O2. The third kappa shape index (κ3) is 3.60. The quantitative estimate of drug-likeness (QED) is 0.442. The Bertz CT molecular complexity index is 1210. The van der Waals surface area contributed by atoms with Gasteiger partial charge in [-0.1, -0.05) is 36.4 Å². The fourth-order valence-electron chi connectivity index (χ4n) is 5.24. The molecule has 178 valence electrons. The van der Waals surface area contributed by atoms with Crippen LogP contribution in [0.15, 0.2) is 60.7 Å². The van der Waals surface area contributed by atoms with Crippen LogP contribution in [0, 0.1) is 6.92 Å². The van der Waals surface area contributed by atoms with Gasteiger partial charge in [0.05, 0.1) is 16.9 Å². The third-order valence-electron chi connectivity index (χ3n) is 6.81. The van der Waals surface area contributed by atoms with Crippen molar-refractivity contribution in [3.63, 3.8) is 0 Å². The van der Waals surface area contributed by atoms with E-state index in [1.165, 1.54) is 5.69 Å². The highest BCUT2D eigenvalue weighted by Gasteiger charge is 2.50. The molecule has 1 atom stereocenters. The molecule has 5 nitrogen and oxygen atoms in total. The summed E-state index contributed by atoms with van der Waals surface area (Å²) >= 11 is 0. The Morgan fingerprint density at radius 2 is 1.47 bits per heavy atom. The van der Waals surface area contributed by atoms with Gasteiger partial charge in [0.25, 0.3) is 0 Å². The van der Waals surface area contributed by atoms with E-state index in [2.05, 4.69) is 65.8 Å². The highest BCUT2D eigenvalue weighted by molar-refractivity contribution is 5.97. The maximum atomic E-state index is 13.3. The van der Waals surface area contributed by atoms with Crippen LogP contribution in [0.5, 0.6) is 0 Å². The van der Waals surface area contributed by atoms with Gasteiger partial charge in [0, 0.05) is 63.7 Å². The number of hydrogen-bond acceptors (Lipinski definition) is 5. The van der Waals surface area contributed by atoms with Crippen LogP contribution in [0.25, 0.3) is 0 Å². The lowest BCUT2D eigenvalue weighted by molar-refractivity contribution is 0.0251. The molecule has 3 aromatic carbocycles. The predicted octanol–water partition coefficient (Wildman–Crippen LogP) is 5.44. The number of cyclic esters (lactones) is 1. The number of esters is 1. The fourth-order valence-corrected chi connectivity index (χ4v) is 5.24. The van der Waals surface area contributed by atoms with Gasteiger partial charge in [0.2, 0.25) is 0 Å². The van der Waals surface area contributed by atoms with Gasteiger partial charge in [-0.25, -0.2) is 4.79 Å². The minimum absolute atomic E-state index is 0.289. The lowest BCUT2D eigenvalue weighted by Gasteiger charge is -2.36. The van der Waals surface area contributed by atoms with E-state index in [0.29, 0.717) is 5.56 Å². The predicted molar refractivity (Wildman–Crippen MR) is 142 cm³/mol. The lowest BCUT2D eigenvalue weighted by atomic mass is 9.77. The summed E-state index contributed by atoms with van der Waals surface area (Å²) in [5.74, 6) is -0.289. The minimum atomic E-state index is -1.04. The first-order chi connectivity index (χ1) is 16.3. The summed E-state index contributed by atoms with van der Waals surface area (Å²) in [5, 5.41) is 0. The number of fused-ring (bicyclic) bond motifs is 1. The maximum absolute atomic E-state index is 13.3. The maximum Gasteiger partial charge on any atom is 0.340 e. The van der Waals surface area contributed by atoms with E-state index < -0.39 is 5.60 Å².